The van der Waals surface area contributed by atoms with E-state index < -0.39 is 49.6 Å². The van der Waals surface area contributed by atoms with Crippen molar-refractivity contribution in [1.82, 2.24) is 9.80 Å². The Morgan fingerprint density at radius 2 is 1.17 bits per heavy atom. The zero-order valence-electron chi connectivity index (χ0n) is 31.3. The van der Waals surface area contributed by atoms with Gasteiger partial charge < -0.3 is 19.6 Å². The molecule has 53 heavy (non-hydrogen) atoms. The van der Waals surface area contributed by atoms with Crippen LogP contribution in [-0.4, -0.2) is 80.0 Å². The van der Waals surface area contributed by atoms with Crippen LogP contribution in [0.4, 0.5) is 11.4 Å². The normalized spacial score (nSPS) is 16.5. The molecule has 2 aliphatic rings. The molecule has 0 N–H and O–H groups in total. The van der Waals surface area contributed by atoms with Crippen molar-refractivity contribution < 1.29 is 73.2 Å². The summed E-state index contributed by atoms with van der Waals surface area (Å²) in [5.41, 5.74) is -1.40. The molecule has 2 heterocycles. The first-order valence-corrected chi connectivity index (χ1v) is 17.3. The minimum atomic E-state index is -0.681. The minimum Gasteiger partial charge on any atom is -0.872 e. The van der Waals surface area contributed by atoms with Gasteiger partial charge in [-0.25, -0.2) is 0 Å². The molecule has 2 atom stereocenters. The zero-order valence-corrected chi connectivity index (χ0v) is 34.1. The second-order valence-corrected chi connectivity index (χ2v) is 14.1. The average Bonchev–Trinajstić information content (AvgIpc) is 3.81. The molecule has 2 fully saturated rings. The van der Waals surface area contributed by atoms with Crippen molar-refractivity contribution in [2.24, 2.45) is 10.8 Å². The van der Waals surface area contributed by atoms with Crippen molar-refractivity contribution in [1.29, 1.82) is 0 Å². The zero-order chi connectivity index (χ0) is 39.4. The van der Waals surface area contributed by atoms with Gasteiger partial charge in [-0.2, -0.15) is 0 Å². The molecular formula is C36H46ClN4NaO11. The van der Waals surface area contributed by atoms with Crippen LogP contribution in [0.1, 0.15) is 80.1 Å². The van der Waals surface area contributed by atoms with Crippen molar-refractivity contribution >= 4 is 51.6 Å². The maximum Gasteiger partial charge on any atom is 1.00 e. The Morgan fingerprint density at radius 3 is 1.60 bits per heavy atom. The smallest absolute Gasteiger partial charge is 0.872 e. The van der Waals surface area contributed by atoms with Gasteiger partial charge in [0.2, 0.25) is 16.8 Å². The number of non-ortho nitro benzene ring substituents is 2. The van der Waals surface area contributed by atoms with Crippen LogP contribution in [0.5, 0.6) is 11.5 Å². The fourth-order valence-electron chi connectivity index (χ4n) is 5.11. The van der Waals surface area contributed by atoms with Gasteiger partial charge in [0, 0.05) is 48.2 Å². The summed E-state index contributed by atoms with van der Waals surface area (Å²) < 4.78 is 5.67. The molecule has 15 nitrogen and oxygen atoms in total. The first-order chi connectivity index (χ1) is 24.3. The van der Waals surface area contributed by atoms with E-state index in [0.717, 1.165) is 25.0 Å². The first kappa shape index (κ1) is 47.1. The number of carbonyl (C=O) groups excluding carboxylic acids is 5. The van der Waals surface area contributed by atoms with Gasteiger partial charge in [0.05, 0.1) is 15.9 Å². The minimum absolute atomic E-state index is 0. The summed E-state index contributed by atoms with van der Waals surface area (Å²) in [6, 6.07) is 9.73. The molecule has 4 rings (SSSR count). The second kappa shape index (κ2) is 21.1. The number of Topliss-reactive ketones (excluding diaryl/α,β-unsaturated/α-hetero) is 2. The van der Waals surface area contributed by atoms with Crippen LogP contribution in [0.25, 0.3) is 0 Å². The van der Waals surface area contributed by atoms with E-state index >= 15 is 0 Å². The number of ketones is 2. The Kier molecular flexibility index (Phi) is 18.7. The van der Waals surface area contributed by atoms with Crippen molar-refractivity contribution in [2.45, 2.75) is 92.2 Å². The maximum absolute atomic E-state index is 12.5. The van der Waals surface area contributed by atoms with Crippen LogP contribution in [0.15, 0.2) is 48.5 Å². The molecular weight excluding hydrogens is 723 g/mol. The largest absolute Gasteiger partial charge is 1.00 e. The number of benzene rings is 2. The molecule has 284 valence electrons. The molecule has 0 saturated carbocycles. The monoisotopic (exact) mass is 768 g/mol. The van der Waals surface area contributed by atoms with E-state index in [-0.39, 0.29) is 65.1 Å². The van der Waals surface area contributed by atoms with Crippen LogP contribution in [0, 0.1) is 31.1 Å². The number of carbonyl (C=O) groups is 5. The van der Waals surface area contributed by atoms with E-state index in [9.17, 15) is 49.3 Å². The van der Waals surface area contributed by atoms with E-state index in [1.54, 1.807) is 32.6 Å². The summed E-state index contributed by atoms with van der Waals surface area (Å²) in [5, 5.41) is 30.5. The fourth-order valence-corrected chi connectivity index (χ4v) is 5.33. The number of nitro groups is 2. The van der Waals surface area contributed by atoms with Crippen molar-refractivity contribution in [2.75, 3.05) is 19.7 Å². The third-order valence-electron chi connectivity index (χ3n) is 9.34. The summed E-state index contributed by atoms with van der Waals surface area (Å²) in [7, 11) is 0. The Bertz CT molecular complexity index is 1620. The number of amides is 2. The van der Waals surface area contributed by atoms with Crippen LogP contribution in [0.3, 0.4) is 0 Å². The standard InChI is InChI=1S/C18H24N2O5.C12H18ClNO3.C6H5NO3.Na/c1-4-18(2,3)16(21)17(22)19-11-5-6-14(19)12-25-15-9-7-13(8-10-15)20(23)24;1-4-12(2,3)9(15)11(17)14-7-5-6-8(14)10(13)16;8-6-3-1-5(2-4-6)7(9)10;/h7-10,14H,4-6,11-12H2,1-3H3;8H,4-7H2,1-3H3;1-4,8H;/q;;;+1/p-1/t14-;8-;;/m00../s1. The SMILES string of the molecule is CCC(C)(C)C(=O)C(=O)N1CCC[C@H]1C(=O)Cl.CCC(C)(C)C(=O)C(=O)N1CCC[C@H]1COc1ccc([N+](=O)[O-])cc1.O=[N+]([O-])c1ccc([O-])cc1.[Na+]. The van der Waals surface area contributed by atoms with E-state index in [2.05, 4.69) is 0 Å². The second-order valence-electron chi connectivity index (χ2n) is 13.7. The Labute approximate surface area is 336 Å². The average molecular weight is 769 g/mol. The van der Waals surface area contributed by atoms with Crippen LogP contribution < -0.4 is 39.4 Å². The number of hydrogen-bond donors (Lipinski definition) is 0. The van der Waals surface area contributed by atoms with Gasteiger partial charge in [0.15, 0.2) is 0 Å². The Morgan fingerprint density at radius 1 is 0.755 bits per heavy atom. The van der Waals surface area contributed by atoms with Crippen molar-refractivity contribution in [3.8, 4) is 11.5 Å². The van der Waals surface area contributed by atoms with Crippen LogP contribution in [-0.2, 0) is 24.0 Å². The summed E-state index contributed by atoms with van der Waals surface area (Å²) >= 11 is 5.43. The predicted octanol–water partition coefficient (Wildman–Crippen LogP) is 2.39. The van der Waals surface area contributed by atoms with E-state index in [1.807, 2.05) is 13.8 Å². The molecule has 0 bridgehead atoms. The van der Waals surface area contributed by atoms with Gasteiger partial charge in [-0.1, -0.05) is 53.7 Å². The van der Waals surface area contributed by atoms with Gasteiger partial charge in [-0.3, -0.25) is 44.2 Å². The molecule has 2 aliphatic heterocycles. The number of likely N-dealkylation sites (tertiary alicyclic amines) is 2. The number of hydrogen-bond acceptors (Lipinski definition) is 11. The van der Waals surface area contributed by atoms with Crippen molar-refractivity contribution in [3.63, 3.8) is 0 Å². The topological polar surface area (TPSA) is 210 Å². The van der Waals surface area contributed by atoms with E-state index in [4.69, 9.17) is 16.3 Å². The number of ether oxygens (including phenoxy) is 1. The maximum atomic E-state index is 12.5. The molecule has 0 spiro atoms. The van der Waals surface area contributed by atoms with Gasteiger partial charge in [0.1, 0.15) is 18.4 Å². The van der Waals surface area contributed by atoms with Crippen LogP contribution >= 0.6 is 11.6 Å². The molecule has 0 aliphatic carbocycles. The first-order valence-electron chi connectivity index (χ1n) is 17.0. The van der Waals surface area contributed by atoms with Crippen molar-refractivity contribution in [3.05, 3.63) is 68.8 Å². The molecule has 17 heteroatoms. The Balaban J connectivity index is 0.000000433. The third-order valence-corrected chi connectivity index (χ3v) is 9.59. The van der Waals surface area contributed by atoms with Gasteiger partial charge in [0.25, 0.3) is 23.2 Å². The van der Waals surface area contributed by atoms with E-state index in [0.29, 0.717) is 44.5 Å². The molecule has 2 amide bonds. The van der Waals surface area contributed by atoms with Gasteiger partial charge >= 0.3 is 29.6 Å². The molecule has 0 unspecified atom stereocenters. The van der Waals surface area contributed by atoms with Crippen LogP contribution in [0.2, 0.25) is 0 Å². The fraction of sp³-hybridized carbons (Fsp3) is 0.528. The molecule has 2 aromatic carbocycles. The molecule has 0 aromatic heterocycles. The summed E-state index contributed by atoms with van der Waals surface area (Å²) in [6.07, 6.45) is 4.07. The molecule has 2 aromatic rings. The Hall–Kier alpha value is -3.92. The number of nitrogens with zero attached hydrogens (tertiary/aromatic N) is 4. The number of nitro benzene ring substituents is 2. The number of rotatable bonds is 12. The molecule has 2 saturated heterocycles. The summed E-state index contributed by atoms with van der Waals surface area (Å²) in [5.74, 6) is -1.53. The van der Waals surface area contributed by atoms with Gasteiger partial charge in [-0.15, -0.1) is 5.75 Å². The summed E-state index contributed by atoms with van der Waals surface area (Å²) in [4.78, 5) is 82.7. The summed E-state index contributed by atoms with van der Waals surface area (Å²) in [6.45, 7) is 12.1. The number of halogens is 1. The predicted molar refractivity (Wildman–Crippen MR) is 190 cm³/mol. The third kappa shape index (κ3) is 13.5. The van der Waals surface area contributed by atoms with Gasteiger partial charge in [-0.05, 0) is 62.3 Å². The molecule has 0 radical (unpaired) electrons. The van der Waals surface area contributed by atoms with E-state index in [1.165, 1.54) is 41.3 Å². The quantitative estimate of drug-likeness (QED) is 0.101.